The summed E-state index contributed by atoms with van der Waals surface area (Å²) in [5.41, 5.74) is 2.55. The molecule has 0 aliphatic rings. The topological polar surface area (TPSA) is 15.3 Å². The van der Waals surface area contributed by atoms with Gasteiger partial charge in [-0.2, -0.15) is 0 Å². The van der Waals surface area contributed by atoms with Gasteiger partial charge in [-0.25, -0.2) is 0 Å². The van der Waals surface area contributed by atoms with Crippen LogP contribution in [-0.4, -0.2) is 31.0 Å². The van der Waals surface area contributed by atoms with Crippen LogP contribution in [0.3, 0.4) is 0 Å². The predicted octanol–water partition coefficient (Wildman–Crippen LogP) is 0.609. The zero-order chi connectivity index (χ0) is 7.28. The number of hydrogen-bond donors (Lipinski definition) is 1. The van der Waals surface area contributed by atoms with Crippen LogP contribution in [0.2, 0.25) is 0 Å². The smallest absolute Gasteiger partial charge is 0.0680 e. The summed E-state index contributed by atoms with van der Waals surface area (Å²) in [5, 5.41) is 2.98. The summed E-state index contributed by atoms with van der Waals surface area (Å²) in [6, 6.07) is 0. The Hall–Kier alpha value is -0.410. The van der Waals surface area contributed by atoms with Gasteiger partial charge in [-0.3, -0.25) is 0 Å². The number of nitrogens with one attached hydrogen (secondary N) is 1. The molecule has 0 unspecified atom stereocenters. The van der Waals surface area contributed by atoms with Gasteiger partial charge in [0.25, 0.3) is 0 Å². The monoisotopic (exact) mass is 144 g/mol. The normalized spacial score (nSPS) is 8.67. The molecule has 0 aliphatic heterocycles. The lowest BCUT2D eigenvalue weighted by molar-refractivity contribution is 0.616. The fourth-order valence-electron chi connectivity index (χ4n) is 0.403. The molecule has 0 atom stereocenters. The minimum atomic E-state index is 0.781. The van der Waals surface area contributed by atoms with Crippen LogP contribution in [0.25, 0.3) is 0 Å². The van der Waals surface area contributed by atoms with Gasteiger partial charge >= 0.3 is 0 Å². The maximum atomic E-state index is 4.68. The molecule has 0 aliphatic carbocycles. The molecule has 0 heterocycles. The van der Waals surface area contributed by atoms with Gasteiger partial charge in [0.1, 0.15) is 0 Å². The minimum absolute atomic E-state index is 0.781. The molecule has 2 nitrogen and oxygen atoms in total. The number of thiocarbonyl (C=S) groups is 1. The van der Waals surface area contributed by atoms with Crippen LogP contribution in [0.4, 0.5) is 0 Å². The lowest BCUT2D eigenvalue weighted by atomic mass is 10.4. The van der Waals surface area contributed by atoms with Gasteiger partial charge in [0.2, 0.25) is 0 Å². The van der Waals surface area contributed by atoms with E-state index in [2.05, 4.69) is 24.1 Å². The van der Waals surface area contributed by atoms with E-state index in [1.165, 1.54) is 0 Å². The Balaban J connectivity index is 3.58. The highest BCUT2D eigenvalue weighted by Gasteiger charge is 1.93. The molecule has 0 aromatic carbocycles. The van der Waals surface area contributed by atoms with E-state index in [4.69, 9.17) is 0 Å². The van der Waals surface area contributed by atoms with Crippen LogP contribution in [0, 0.1) is 0 Å². The second-order valence-electron chi connectivity index (χ2n) is 1.81. The van der Waals surface area contributed by atoms with E-state index < -0.39 is 0 Å². The average Bonchev–Trinajstić information content (AvgIpc) is 1.87. The summed E-state index contributed by atoms with van der Waals surface area (Å²) >= 11 is 4.68. The molecule has 1 N–H and O–H groups in total. The first kappa shape index (κ1) is 8.59. The van der Waals surface area contributed by atoms with Gasteiger partial charge in [-0.15, -0.1) is 0 Å². The van der Waals surface area contributed by atoms with Gasteiger partial charge < -0.3 is 10.2 Å². The van der Waals surface area contributed by atoms with Gasteiger partial charge in [-0.05, 0) is 7.05 Å². The van der Waals surface area contributed by atoms with E-state index in [0.717, 1.165) is 12.2 Å². The molecule has 0 saturated heterocycles. The van der Waals surface area contributed by atoms with Crippen LogP contribution in [0.5, 0.6) is 0 Å². The highest BCUT2D eigenvalue weighted by molar-refractivity contribution is 7.78. The van der Waals surface area contributed by atoms with Crippen molar-refractivity contribution in [3.8, 4) is 0 Å². The van der Waals surface area contributed by atoms with Gasteiger partial charge in [0, 0.05) is 19.3 Å². The zero-order valence-electron chi connectivity index (χ0n) is 5.85. The second-order valence-corrected chi connectivity index (χ2v) is 2.02. The molecule has 52 valence electrons. The van der Waals surface area contributed by atoms with E-state index in [1.807, 2.05) is 19.0 Å². The summed E-state index contributed by atoms with van der Waals surface area (Å²) in [7, 11) is 3.76. The second kappa shape index (κ2) is 4.47. The largest absolute Gasteiger partial charge is 0.345 e. The van der Waals surface area contributed by atoms with Crippen LogP contribution < -0.4 is 5.32 Å². The third-order valence-corrected chi connectivity index (χ3v) is 1.35. The van der Waals surface area contributed by atoms with E-state index >= 15 is 0 Å². The van der Waals surface area contributed by atoms with Crippen molar-refractivity contribution in [2.24, 2.45) is 0 Å². The van der Waals surface area contributed by atoms with Crippen LogP contribution in [0.15, 0.2) is 12.3 Å². The van der Waals surface area contributed by atoms with Crippen molar-refractivity contribution in [3.63, 3.8) is 0 Å². The molecule has 0 aromatic heterocycles. The third kappa shape index (κ3) is 3.21. The number of rotatable bonds is 4. The highest BCUT2D eigenvalue weighted by atomic mass is 32.1. The average molecular weight is 144 g/mol. The molecule has 0 aromatic rings. The lowest BCUT2D eigenvalue weighted by Crippen LogP contribution is -2.22. The van der Waals surface area contributed by atoms with Gasteiger partial charge in [0.05, 0.1) is 5.49 Å². The summed E-state index contributed by atoms with van der Waals surface area (Å²) in [6.45, 7) is 4.56. The molecule has 0 rings (SSSR count). The van der Waals surface area contributed by atoms with Crippen LogP contribution >= 0.6 is 12.2 Å². The number of nitrogens with zero attached hydrogens (tertiary/aromatic N) is 1. The third-order valence-electron chi connectivity index (χ3n) is 1.04. The van der Waals surface area contributed by atoms with Crippen molar-refractivity contribution >= 4 is 17.7 Å². The first-order valence-electron chi connectivity index (χ1n) is 2.73. The highest BCUT2D eigenvalue weighted by Crippen LogP contribution is 1.90. The summed E-state index contributed by atoms with van der Waals surface area (Å²) in [4.78, 5) is 1.81. The minimum Gasteiger partial charge on any atom is -0.345 e. The van der Waals surface area contributed by atoms with Crippen LogP contribution in [-0.2, 0) is 0 Å². The lowest BCUT2D eigenvalue weighted by Gasteiger charge is -2.14. The molecule has 0 bridgehead atoms. The first-order chi connectivity index (χ1) is 4.22. The van der Waals surface area contributed by atoms with Crippen molar-refractivity contribution in [3.05, 3.63) is 12.3 Å². The fourth-order valence-corrected chi connectivity index (χ4v) is 0.552. The fraction of sp³-hybridized carbons (Fsp3) is 0.500. The SMILES string of the molecule is C=C(CNC)N(C)C=S. The van der Waals surface area contributed by atoms with Crippen molar-refractivity contribution in [1.29, 1.82) is 0 Å². The first-order valence-corrected chi connectivity index (χ1v) is 3.20. The predicted molar refractivity (Wildman–Crippen MR) is 44.5 cm³/mol. The Morgan fingerprint density at radius 3 is 2.78 bits per heavy atom. The number of hydrogen-bond acceptors (Lipinski definition) is 2. The standard InChI is InChI=1S/C6H12N2S/c1-6(4-7-2)8(3)5-9/h5,7H,1,4H2,2-3H3. The Kier molecular flexibility index (Phi) is 4.26. The van der Waals surface area contributed by atoms with E-state index in [-0.39, 0.29) is 0 Å². The molecular weight excluding hydrogens is 132 g/mol. The van der Waals surface area contributed by atoms with Gasteiger partial charge in [-0.1, -0.05) is 18.8 Å². The maximum absolute atomic E-state index is 4.68. The maximum Gasteiger partial charge on any atom is 0.0680 e. The zero-order valence-corrected chi connectivity index (χ0v) is 6.66. The Bertz CT molecular complexity index is 112. The molecule has 0 amide bonds. The Morgan fingerprint density at radius 1 is 1.89 bits per heavy atom. The van der Waals surface area contributed by atoms with Gasteiger partial charge in [0.15, 0.2) is 0 Å². The van der Waals surface area contributed by atoms with Crippen molar-refractivity contribution in [2.45, 2.75) is 0 Å². The molecular formula is C6H12N2S. The molecule has 0 radical (unpaired) electrons. The molecule has 0 spiro atoms. The molecule has 9 heavy (non-hydrogen) atoms. The Labute approximate surface area is 61.5 Å². The van der Waals surface area contributed by atoms with Crippen molar-refractivity contribution < 1.29 is 0 Å². The van der Waals surface area contributed by atoms with E-state index in [9.17, 15) is 0 Å². The summed E-state index contributed by atoms with van der Waals surface area (Å²) in [6.07, 6.45) is 0. The van der Waals surface area contributed by atoms with E-state index in [0.29, 0.717) is 0 Å². The van der Waals surface area contributed by atoms with E-state index in [1.54, 1.807) is 5.49 Å². The summed E-state index contributed by atoms with van der Waals surface area (Å²) < 4.78 is 0. The van der Waals surface area contributed by atoms with Crippen molar-refractivity contribution in [1.82, 2.24) is 10.2 Å². The van der Waals surface area contributed by atoms with Crippen LogP contribution in [0.1, 0.15) is 0 Å². The summed E-state index contributed by atoms with van der Waals surface area (Å²) in [5.74, 6) is 0. The molecule has 0 saturated carbocycles. The Morgan fingerprint density at radius 2 is 2.44 bits per heavy atom. The van der Waals surface area contributed by atoms with Crippen molar-refractivity contribution in [2.75, 3.05) is 20.6 Å². The quantitative estimate of drug-likeness (QED) is 0.582. The molecule has 3 heteroatoms. The molecule has 0 fully saturated rings. The number of likely N-dealkylation sites (N-methyl/N-ethyl adjacent to an activating group) is 2.